The Morgan fingerprint density at radius 2 is 1.67 bits per heavy atom. The van der Waals surface area contributed by atoms with Gasteiger partial charge in [-0.15, -0.1) is 0 Å². The minimum Gasteiger partial charge on any atom is -0.475 e. The van der Waals surface area contributed by atoms with Gasteiger partial charge in [0, 0.05) is 67.5 Å². The van der Waals surface area contributed by atoms with Crippen molar-refractivity contribution in [2.24, 2.45) is 5.92 Å². The van der Waals surface area contributed by atoms with Crippen molar-refractivity contribution >= 4 is 17.8 Å². The van der Waals surface area contributed by atoms with Crippen molar-refractivity contribution in [3.05, 3.63) is 65.7 Å². The summed E-state index contributed by atoms with van der Waals surface area (Å²) in [4.78, 5) is 33.0. The summed E-state index contributed by atoms with van der Waals surface area (Å²) in [5.74, 6) is -3.05. The molecule has 0 bridgehead atoms. The van der Waals surface area contributed by atoms with Gasteiger partial charge in [0.25, 0.3) is 5.91 Å². The van der Waals surface area contributed by atoms with Gasteiger partial charge in [0.1, 0.15) is 17.3 Å². The van der Waals surface area contributed by atoms with Gasteiger partial charge >= 0.3 is 12.1 Å². The van der Waals surface area contributed by atoms with E-state index in [2.05, 4.69) is 20.2 Å². The molecule has 208 valence electrons. The molecule has 3 aromatic rings. The van der Waals surface area contributed by atoms with Gasteiger partial charge in [-0.2, -0.15) is 13.2 Å². The quantitative estimate of drug-likeness (QED) is 0.410. The van der Waals surface area contributed by atoms with E-state index in [1.54, 1.807) is 12.4 Å². The third-order valence-corrected chi connectivity index (χ3v) is 6.34. The van der Waals surface area contributed by atoms with E-state index < -0.39 is 23.8 Å². The number of nitrogens with one attached hydrogen (secondary N) is 1. The minimum atomic E-state index is -5.08. The molecule has 1 saturated carbocycles. The predicted octanol–water partition coefficient (Wildman–Crippen LogP) is 4.80. The van der Waals surface area contributed by atoms with Crippen LogP contribution in [0, 0.1) is 17.6 Å². The number of nitrogens with zero attached hydrogens (tertiary/aromatic N) is 4. The second-order valence-corrected chi connectivity index (χ2v) is 9.40. The predicted molar refractivity (Wildman–Crippen MR) is 131 cm³/mol. The van der Waals surface area contributed by atoms with Crippen molar-refractivity contribution in [2.75, 3.05) is 18.0 Å². The third-order valence-electron chi connectivity index (χ3n) is 6.34. The molecular weight excluding hydrogens is 525 g/mol. The highest BCUT2D eigenvalue weighted by atomic mass is 19.4. The number of rotatable bonds is 7. The molecule has 1 amide bonds. The van der Waals surface area contributed by atoms with E-state index >= 15 is 0 Å². The summed E-state index contributed by atoms with van der Waals surface area (Å²) in [6, 6.07) is 5.18. The molecule has 0 atom stereocenters. The van der Waals surface area contributed by atoms with Crippen LogP contribution in [-0.2, 0) is 17.9 Å². The Bertz CT molecular complexity index is 1320. The first kappa shape index (κ1) is 28.0. The molecule has 0 unspecified atom stereocenters. The summed E-state index contributed by atoms with van der Waals surface area (Å²) >= 11 is 0. The van der Waals surface area contributed by atoms with Crippen molar-refractivity contribution < 1.29 is 36.6 Å². The lowest BCUT2D eigenvalue weighted by molar-refractivity contribution is -0.192. The molecule has 1 aliphatic carbocycles. The number of carboxylic acid groups (broad SMARTS) is 1. The molecule has 1 aliphatic heterocycles. The number of aromatic nitrogens is 3. The maximum Gasteiger partial charge on any atom is 0.490 e. The first-order valence-electron chi connectivity index (χ1n) is 12.3. The molecule has 0 spiro atoms. The summed E-state index contributed by atoms with van der Waals surface area (Å²) < 4.78 is 60.7. The number of carbonyl (C=O) groups is 2. The maximum absolute atomic E-state index is 13.9. The zero-order valence-electron chi connectivity index (χ0n) is 20.7. The SMILES string of the molecule is O=C(NCc1ccc(F)cc1F)c1cc(-c2cnc(N3CCCC3)nc2)cn1CC1CC1.O=C(O)C(F)(F)F. The van der Waals surface area contributed by atoms with Crippen LogP contribution in [0.3, 0.4) is 0 Å². The average molecular weight is 552 g/mol. The lowest BCUT2D eigenvalue weighted by Crippen LogP contribution is -2.26. The maximum atomic E-state index is 13.9. The fourth-order valence-corrected chi connectivity index (χ4v) is 4.07. The summed E-state index contributed by atoms with van der Waals surface area (Å²) in [5, 5.41) is 9.89. The number of anilines is 1. The van der Waals surface area contributed by atoms with E-state index in [0.29, 0.717) is 11.6 Å². The van der Waals surface area contributed by atoms with Gasteiger partial charge in [-0.3, -0.25) is 4.79 Å². The summed E-state index contributed by atoms with van der Waals surface area (Å²) in [6.07, 6.45) is 5.11. The summed E-state index contributed by atoms with van der Waals surface area (Å²) in [6.45, 7) is 2.72. The number of halogens is 5. The number of carbonyl (C=O) groups excluding carboxylic acids is 1. The molecule has 5 rings (SSSR count). The Morgan fingerprint density at radius 1 is 1.03 bits per heavy atom. The first-order chi connectivity index (χ1) is 18.5. The van der Waals surface area contributed by atoms with Gasteiger partial charge in [0.05, 0.1) is 0 Å². The monoisotopic (exact) mass is 551 g/mol. The van der Waals surface area contributed by atoms with E-state index in [9.17, 15) is 26.7 Å². The van der Waals surface area contributed by atoms with Crippen LogP contribution in [0.2, 0.25) is 0 Å². The van der Waals surface area contributed by atoms with Crippen LogP contribution < -0.4 is 10.2 Å². The Labute approximate surface area is 220 Å². The molecule has 8 nitrogen and oxygen atoms in total. The van der Waals surface area contributed by atoms with Gasteiger partial charge in [0.2, 0.25) is 5.95 Å². The number of hydrogen-bond acceptors (Lipinski definition) is 5. The lowest BCUT2D eigenvalue weighted by Gasteiger charge is -2.14. The van der Waals surface area contributed by atoms with E-state index in [4.69, 9.17) is 9.90 Å². The highest BCUT2D eigenvalue weighted by Gasteiger charge is 2.38. The summed E-state index contributed by atoms with van der Waals surface area (Å²) in [7, 11) is 0. The molecule has 1 aromatic carbocycles. The van der Waals surface area contributed by atoms with Crippen molar-refractivity contribution in [1.82, 2.24) is 19.9 Å². The van der Waals surface area contributed by atoms with E-state index in [1.807, 2.05) is 16.8 Å². The van der Waals surface area contributed by atoms with Crippen LogP contribution in [-0.4, -0.2) is 50.8 Å². The van der Waals surface area contributed by atoms with Crippen LogP contribution in [0.4, 0.5) is 27.9 Å². The average Bonchev–Trinajstić information content (AvgIpc) is 3.35. The van der Waals surface area contributed by atoms with Crippen molar-refractivity contribution in [1.29, 1.82) is 0 Å². The number of alkyl halides is 3. The van der Waals surface area contributed by atoms with Crippen LogP contribution >= 0.6 is 0 Å². The lowest BCUT2D eigenvalue weighted by atomic mass is 10.2. The van der Waals surface area contributed by atoms with Gasteiger partial charge in [-0.25, -0.2) is 23.5 Å². The third kappa shape index (κ3) is 7.52. The number of hydrogen-bond donors (Lipinski definition) is 2. The molecule has 0 radical (unpaired) electrons. The Hall–Kier alpha value is -4.03. The molecule has 2 fully saturated rings. The number of benzene rings is 1. The smallest absolute Gasteiger partial charge is 0.475 e. The Kier molecular flexibility index (Phi) is 8.46. The standard InChI is InChI=1S/C24H25F2N5O.C2HF3O2/c25-20-6-5-17(21(26)10-20)11-27-23(32)22-9-18(15-31(22)14-16-3-4-16)19-12-28-24(29-13-19)30-7-1-2-8-30;3-2(4,5)1(6)7/h5-6,9-10,12-13,15-16H,1-4,7-8,11,14H2,(H,27,32);(H,6,7). The van der Waals surface area contributed by atoms with E-state index in [1.165, 1.54) is 12.1 Å². The van der Waals surface area contributed by atoms with Crippen molar-refractivity contribution in [2.45, 2.75) is 44.9 Å². The zero-order valence-corrected chi connectivity index (χ0v) is 20.7. The number of carboxylic acids is 1. The van der Waals surface area contributed by atoms with Crippen molar-refractivity contribution in [3.8, 4) is 11.1 Å². The first-order valence-corrected chi connectivity index (χ1v) is 12.3. The second kappa shape index (κ2) is 11.8. The van der Waals surface area contributed by atoms with Crippen LogP contribution in [0.1, 0.15) is 41.7 Å². The highest BCUT2D eigenvalue weighted by molar-refractivity contribution is 5.94. The second-order valence-electron chi connectivity index (χ2n) is 9.40. The van der Waals surface area contributed by atoms with Gasteiger partial charge in [0.15, 0.2) is 0 Å². The Morgan fingerprint density at radius 3 is 2.23 bits per heavy atom. The Balaban J connectivity index is 0.000000448. The zero-order chi connectivity index (χ0) is 28.2. The van der Waals surface area contributed by atoms with Crippen LogP contribution in [0.5, 0.6) is 0 Å². The molecular formula is C26H26F5N5O3. The molecule has 13 heteroatoms. The topological polar surface area (TPSA) is 100 Å². The normalized spacial score (nSPS) is 15.1. The van der Waals surface area contributed by atoms with Crippen LogP contribution in [0.25, 0.3) is 11.1 Å². The highest BCUT2D eigenvalue weighted by Crippen LogP contribution is 2.32. The summed E-state index contributed by atoms with van der Waals surface area (Å²) in [5.41, 5.74) is 2.47. The van der Waals surface area contributed by atoms with Gasteiger partial charge < -0.3 is 19.9 Å². The largest absolute Gasteiger partial charge is 0.490 e. The minimum absolute atomic E-state index is 0.0114. The fourth-order valence-electron chi connectivity index (χ4n) is 4.07. The molecule has 3 heterocycles. The number of aliphatic carboxylic acids is 1. The molecule has 2 N–H and O–H groups in total. The molecule has 39 heavy (non-hydrogen) atoms. The van der Waals surface area contributed by atoms with Crippen molar-refractivity contribution in [3.63, 3.8) is 0 Å². The fraction of sp³-hybridized carbons (Fsp3) is 0.385. The number of amides is 1. The molecule has 2 aliphatic rings. The van der Waals surface area contributed by atoms with Gasteiger partial charge in [-0.05, 0) is 43.7 Å². The van der Waals surface area contributed by atoms with E-state index in [0.717, 1.165) is 68.5 Å². The molecule has 1 saturated heterocycles. The molecule has 2 aromatic heterocycles. The van der Waals surface area contributed by atoms with Gasteiger partial charge in [-0.1, -0.05) is 6.07 Å². The van der Waals surface area contributed by atoms with Crippen LogP contribution in [0.15, 0.2) is 42.9 Å². The van der Waals surface area contributed by atoms with E-state index in [-0.39, 0.29) is 18.0 Å².